The number of hydrogen-bond donors (Lipinski definition) is 0. The fourth-order valence-electron chi connectivity index (χ4n) is 3.88. The van der Waals surface area contributed by atoms with E-state index in [1.165, 1.54) is 24.0 Å². The van der Waals surface area contributed by atoms with Crippen LogP contribution in [0.4, 0.5) is 0 Å². The number of aromatic nitrogens is 2. The van der Waals surface area contributed by atoms with E-state index in [4.69, 9.17) is 28.2 Å². The highest BCUT2D eigenvalue weighted by Crippen LogP contribution is 2.47. The molecule has 2 nitrogen and oxygen atoms in total. The number of rotatable bonds is 2. The molecule has 0 unspecified atom stereocenters. The fourth-order valence-corrected chi connectivity index (χ4v) is 5.15. The predicted molar refractivity (Wildman–Crippen MR) is 116 cm³/mol. The second-order valence-electron chi connectivity index (χ2n) is 8.57. The van der Waals surface area contributed by atoms with Crippen molar-refractivity contribution in [2.45, 2.75) is 51.4 Å². The van der Waals surface area contributed by atoms with E-state index in [0.29, 0.717) is 10.3 Å². The second-order valence-corrected chi connectivity index (χ2v) is 10.2. The van der Waals surface area contributed by atoms with Crippen molar-refractivity contribution in [3.05, 3.63) is 57.1 Å². The maximum Gasteiger partial charge on any atom is 0.131 e. The van der Waals surface area contributed by atoms with Crippen LogP contribution in [0.1, 0.15) is 51.7 Å². The largest absolute Gasteiger partial charge is 0.236 e. The summed E-state index contributed by atoms with van der Waals surface area (Å²) in [5.41, 5.74) is 6.36. The van der Waals surface area contributed by atoms with Gasteiger partial charge in [-0.15, -0.1) is 11.3 Å². The summed E-state index contributed by atoms with van der Waals surface area (Å²) >= 11 is 13.7. The monoisotopic (exact) mass is 416 g/mol. The summed E-state index contributed by atoms with van der Waals surface area (Å²) < 4.78 is 0. The smallest absolute Gasteiger partial charge is 0.131 e. The first-order valence-corrected chi connectivity index (χ1v) is 10.7. The Kier molecular flexibility index (Phi) is 4.61. The summed E-state index contributed by atoms with van der Waals surface area (Å²) in [6, 6.07) is 10.4. The molecule has 0 radical (unpaired) electrons. The van der Waals surface area contributed by atoms with Gasteiger partial charge in [0.2, 0.25) is 0 Å². The molecule has 2 aromatic heterocycles. The summed E-state index contributed by atoms with van der Waals surface area (Å²) in [5, 5.41) is 3.76. The first kappa shape index (κ1) is 18.9. The molecule has 2 heterocycles. The van der Waals surface area contributed by atoms with Gasteiger partial charge >= 0.3 is 0 Å². The van der Waals surface area contributed by atoms with Gasteiger partial charge in [-0.25, -0.2) is 9.97 Å². The van der Waals surface area contributed by atoms with Crippen LogP contribution in [0.25, 0.3) is 21.8 Å². The molecule has 0 fully saturated rings. The number of hydrogen-bond acceptors (Lipinski definition) is 3. The van der Waals surface area contributed by atoms with Gasteiger partial charge in [-0.2, -0.15) is 0 Å². The molecule has 0 saturated heterocycles. The van der Waals surface area contributed by atoms with Gasteiger partial charge in [0, 0.05) is 16.5 Å². The third kappa shape index (κ3) is 3.53. The van der Waals surface area contributed by atoms with Crippen molar-refractivity contribution >= 4 is 34.5 Å². The molecule has 0 bridgehead atoms. The number of fused-ring (bicyclic) bond motifs is 1. The summed E-state index contributed by atoms with van der Waals surface area (Å²) in [6.07, 6.45) is 2.42. The number of thiazole rings is 1. The van der Waals surface area contributed by atoms with E-state index < -0.39 is 0 Å². The van der Waals surface area contributed by atoms with Gasteiger partial charge in [0.25, 0.3) is 0 Å². The summed E-state index contributed by atoms with van der Waals surface area (Å²) in [5.74, 6) is 0. The highest BCUT2D eigenvalue weighted by atomic mass is 35.5. The van der Waals surface area contributed by atoms with Gasteiger partial charge in [0.15, 0.2) is 0 Å². The summed E-state index contributed by atoms with van der Waals surface area (Å²) in [6.45, 7) is 9.38. The zero-order chi connectivity index (χ0) is 19.4. The number of nitrogens with zero attached hydrogens (tertiary/aromatic N) is 2. The lowest BCUT2D eigenvalue weighted by Gasteiger charge is -2.42. The zero-order valence-electron chi connectivity index (χ0n) is 15.9. The van der Waals surface area contributed by atoms with E-state index in [-0.39, 0.29) is 10.8 Å². The molecule has 4 rings (SSSR count). The quantitative estimate of drug-likeness (QED) is 0.403. The third-order valence-corrected chi connectivity index (χ3v) is 6.94. The van der Waals surface area contributed by atoms with E-state index in [0.717, 1.165) is 21.8 Å². The van der Waals surface area contributed by atoms with Crippen molar-refractivity contribution in [2.75, 3.05) is 0 Å². The van der Waals surface area contributed by atoms with Gasteiger partial charge in [-0.1, -0.05) is 63.0 Å². The van der Waals surface area contributed by atoms with Gasteiger partial charge in [0.05, 0.1) is 5.69 Å². The standard InChI is InChI=1S/C22H22Cl2N2S/c1-21(2)7-8-22(3,4)16-9-13(5-6-15(16)21)17-12-27-20(25-17)14-10-18(23)26-19(24)11-14/h5-6,9-12H,7-8H2,1-4H3. The average Bonchev–Trinajstić information content (AvgIpc) is 3.08. The Bertz CT molecular complexity index is 1000. The molecule has 1 aliphatic carbocycles. The van der Waals surface area contributed by atoms with Crippen LogP contribution in [0, 0.1) is 0 Å². The molecule has 0 aliphatic heterocycles. The molecule has 1 aromatic carbocycles. The van der Waals surface area contributed by atoms with Crippen molar-refractivity contribution < 1.29 is 0 Å². The van der Waals surface area contributed by atoms with E-state index in [1.807, 2.05) is 0 Å². The lowest BCUT2D eigenvalue weighted by atomic mass is 9.63. The number of halogens is 2. The Morgan fingerprint density at radius 3 is 2.11 bits per heavy atom. The Hall–Kier alpha value is -1.42. The molecule has 5 heteroatoms. The number of benzene rings is 1. The van der Waals surface area contributed by atoms with Crippen LogP contribution in [0.2, 0.25) is 10.3 Å². The van der Waals surface area contributed by atoms with Crippen LogP contribution in [0.15, 0.2) is 35.7 Å². The van der Waals surface area contributed by atoms with Crippen molar-refractivity contribution in [3.63, 3.8) is 0 Å². The van der Waals surface area contributed by atoms with E-state index in [9.17, 15) is 0 Å². The molecular weight excluding hydrogens is 395 g/mol. The van der Waals surface area contributed by atoms with Crippen LogP contribution < -0.4 is 0 Å². The molecule has 0 saturated carbocycles. The maximum absolute atomic E-state index is 6.04. The van der Waals surface area contributed by atoms with Crippen molar-refractivity contribution in [3.8, 4) is 21.8 Å². The minimum Gasteiger partial charge on any atom is -0.236 e. The highest BCUT2D eigenvalue weighted by molar-refractivity contribution is 7.13. The van der Waals surface area contributed by atoms with E-state index in [2.05, 4.69) is 56.3 Å². The molecule has 1 aliphatic rings. The Morgan fingerprint density at radius 1 is 0.815 bits per heavy atom. The molecule has 27 heavy (non-hydrogen) atoms. The van der Waals surface area contributed by atoms with Crippen LogP contribution in [0.3, 0.4) is 0 Å². The van der Waals surface area contributed by atoms with Crippen molar-refractivity contribution in [2.24, 2.45) is 0 Å². The van der Waals surface area contributed by atoms with Gasteiger partial charge in [-0.3, -0.25) is 0 Å². The molecule has 140 valence electrons. The van der Waals surface area contributed by atoms with Crippen LogP contribution >= 0.6 is 34.5 Å². The average molecular weight is 417 g/mol. The fraction of sp³-hybridized carbons (Fsp3) is 0.364. The van der Waals surface area contributed by atoms with Crippen molar-refractivity contribution in [1.29, 1.82) is 0 Å². The lowest BCUT2D eigenvalue weighted by molar-refractivity contribution is 0.332. The Morgan fingerprint density at radius 2 is 1.44 bits per heavy atom. The minimum atomic E-state index is 0.186. The molecule has 0 atom stereocenters. The molecule has 0 spiro atoms. The molecule has 0 amide bonds. The van der Waals surface area contributed by atoms with Crippen LogP contribution in [0.5, 0.6) is 0 Å². The van der Waals surface area contributed by atoms with Crippen LogP contribution in [-0.4, -0.2) is 9.97 Å². The van der Waals surface area contributed by atoms with Gasteiger partial charge in [0.1, 0.15) is 15.3 Å². The maximum atomic E-state index is 6.04. The van der Waals surface area contributed by atoms with Crippen molar-refractivity contribution in [1.82, 2.24) is 9.97 Å². The lowest BCUT2D eigenvalue weighted by Crippen LogP contribution is -2.33. The second kappa shape index (κ2) is 6.58. The SMILES string of the molecule is CC1(C)CCC(C)(C)c2cc(-c3csc(-c4cc(Cl)nc(Cl)c4)n3)ccc21. The molecular formula is C22H22Cl2N2S. The zero-order valence-corrected chi connectivity index (χ0v) is 18.3. The predicted octanol–water partition coefficient (Wildman–Crippen LogP) is 7.53. The topological polar surface area (TPSA) is 25.8 Å². The van der Waals surface area contributed by atoms with Gasteiger partial charge < -0.3 is 0 Å². The number of pyridine rings is 1. The van der Waals surface area contributed by atoms with Gasteiger partial charge in [-0.05, 0) is 53.0 Å². The first-order valence-electron chi connectivity index (χ1n) is 9.10. The van der Waals surface area contributed by atoms with E-state index in [1.54, 1.807) is 23.5 Å². The van der Waals surface area contributed by atoms with Crippen LogP contribution in [-0.2, 0) is 10.8 Å². The summed E-state index contributed by atoms with van der Waals surface area (Å²) in [7, 11) is 0. The summed E-state index contributed by atoms with van der Waals surface area (Å²) in [4.78, 5) is 8.85. The van der Waals surface area contributed by atoms with E-state index >= 15 is 0 Å². The Labute approximate surface area is 174 Å². The Balaban J connectivity index is 1.76. The first-order chi connectivity index (χ1) is 12.7. The third-order valence-electron chi connectivity index (χ3n) is 5.66. The minimum absolute atomic E-state index is 0.186. The normalized spacial score (nSPS) is 17.6. The molecule has 3 aromatic rings. The highest BCUT2D eigenvalue weighted by Gasteiger charge is 2.37. The molecule has 0 N–H and O–H groups in total.